The summed E-state index contributed by atoms with van der Waals surface area (Å²) in [5.41, 5.74) is 0.309. The Morgan fingerprint density at radius 2 is 2.14 bits per heavy atom. The third-order valence-corrected chi connectivity index (χ3v) is 2.69. The van der Waals surface area contributed by atoms with Crippen LogP contribution in [0, 0.1) is 10.1 Å². The Labute approximate surface area is 119 Å². The fraction of sp³-hybridized carbons (Fsp3) is 0.154. The number of nitro groups is 1. The van der Waals surface area contributed by atoms with Crippen LogP contribution in [0.5, 0.6) is 0 Å². The summed E-state index contributed by atoms with van der Waals surface area (Å²) in [4.78, 5) is 29.0. The van der Waals surface area contributed by atoms with Gasteiger partial charge in [-0.2, -0.15) is 0 Å². The fourth-order valence-electron chi connectivity index (χ4n) is 1.70. The highest BCUT2D eigenvalue weighted by molar-refractivity contribution is 5.86. The average Bonchev–Trinajstić information content (AvgIpc) is 2.48. The topological polar surface area (TPSA) is 118 Å². The summed E-state index contributed by atoms with van der Waals surface area (Å²) in [7, 11) is 0. The normalized spacial score (nSPS) is 10.1. The summed E-state index contributed by atoms with van der Waals surface area (Å²) in [6.07, 6.45) is 2.19. The Bertz CT molecular complexity index is 660. The highest BCUT2D eigenvalue weighted by Gasteiger charge is 2.18. The van der Waals surface area contributed by atoms with Gasteiger partial charge in [-0.3, -0.25) is 15.1 Å². The van der Waals surface area contributed by atoms with Crippen molar-refractivity contribution < 1.29 is 14.8 Å². The molecular formula is C13H12N4O4. The first kappa shape index (κ1) is 14.4. The van der Waals surface area contributed by atoms with E-state index in [1.165, 1.54) is 0 Å². The van der Waals surface area contributed by atoms with Gasteiger partial charge in [-0.1, -0.05) is 6.07 Å². The van der Waals surface area contributed by atoms with E-state index >= 15 is 0 Å². The van der Waals surface area contributed by atoms with Gasteiger partial charge in [0.1, 0.15) is 0 Å². The molecule has 2 aromatic rings. The number of carboxylic acids is 1. The van der Waals surface area contributed by atoms with Crippen LogP contribution in [-0.4, -0.2) is 32.5 Å². The van der Waals surface area contributed by atoms with Gasteiger partial charge in [0.05, 0.1) is 4.92 Å². The minimum atomic E-state index is -1.24. The molecule has 2 N–H and O–H groups in total. The van der Waals surface area contributed by atoms with E-state index in [1.807, 2.05) is 12.1 Å². The minimum Gasteiger partial charge on any atom is -0.477 e. The lowest BCUT2D eigenvalue weighted by atomic mass is 10.2. The number of aromatic nitrogens is 2. The summed E-state index contributed by atoms with van der Waals surface area (Å²) in [6, 6.07) is 7.69. The van der Waals surface area contributed by atoms with Crippen molar-refractivity contribution in [2.45, 2.75) is 6.42 Å². The van der Waals surface area contributed by atoms with E-state index in [1.54, 1.807) is 12.3 Å². The van der Waals surface area contributed by atoms with Crippen LogP contribution >= 0.6 is 0 Å². The number of nitrogens with one attached hydrogen (secondary N) is 1. The maximum atomic E-state index is 10.9. The molecule has 0 bridgehead atoms. The van der Waals surface area contributed by atoms with Crippen molar-refractivity contribution in [1.82, 2.24) is 9.97 Å². The second-order valence-corrected chi connectivity index (χ2v) is 4.12. The van der Waals surface area contributed by atoms with Gasteiger partial charge in [0, 0.05) is 30.9 Å². The van der Waals surface area contributed by atoms with E-state index in [0.29, 0.717) is 13.0 Å². The van der Waals surface area contributed by atoms with Crippen LogP contribution in [0.15, 0.2) is 36.5 Å². The SMILES string of the molecule is O=C(O)c1ccc([N+](=O)[O-])c(NCCc2ccccn2)n1. The standard InChI is InChI=1S/C13H12N4O4/c18-13(19)10-4-5-11(17(20)21)12(16-10)15-8-6-9-3-1-2-7-14-9/h1-5,7H,6,8H2,(H,15,16)(H,18,19). The zero-order chi connectivity index (χ0) is 15.2. The number of aromatic carboxylic acids is 1. The number of nitrogens with zero attached hydrogens (tertiary/aromatic N) is 3. The molecule has 8 nitrogen and oxygen atoms in total. The van der Waals surface area contributed by atoms with Gasteiger partial charge in [-0.15, -0.1) is 0 Å². The summed E-state index contributed by atoms with van der Waals surface area (Å²) < 4.78 is 0. The monoisotopic (exact) mass is 288 g/mol. The highest BCUT2D eigenvalue weighted by atomic mass is 16.6. The Balaban J connectivity index is 2.12. The van der Waals surface area contributed by atoms with E-state index < -0.39 is 10.9 Å². The van der Waals surface area contributed by atoms with Crippen LogP contribution in [-0.2, 0) is 6.42 Å². The summed E-state index contributed by atoms with van der Waals surface area (Å²) >= 11 is 0. The van der Waals surface area contributed by atoms with Crippen molar-refractivity contribution in [3.63, 3.8) is 0 Å². The van der Waals surface area contributed by atoms with E-state index in [0.717, 1.165) is 17.8 Å². The number of pyridine rings is 2. The van der Waals surface area contributed by atoms with Crippen molar-refractivity contribution in [3.8, 4) is 0 Å². The first-order valence-electron chi connectivity index (χ1n) is 6.10. The molecule has 0 aromatic carbocycles. The molecule has 0 saturated heterocycles. The first-order valence-corrected chi connectivity index (χ1v) is 6.10. The van der Waals surface area contributed by atoms with Crippen LogP contribution in [0.4, 0.5) is 11.5 Å². The predicted octanol–water partition coefficient (Wildman–Crippen LogP) is 1.74. The van der Waals surface area contributed by atoms with Gasteiger partial charge < -0.3 is 10.4 Å². The Morgan fingerprint density at radius 3 is 2.76 bits per heavy atom. The highest BCUT2D eigenvalue weighted by Crippen LogP contribution is 2.22. The maximum Gasteiger partial charge on any atom is 0.354 e. The number of hydrogen-bond acceptors (Lipinski definition) is 6. The molecule has 0 atom stereocenters. The molecule has 0 spiro atoms. The number of hydrogen-bond donors (Lipinski definition) is 2. The molecule has 0 amide bonds. The number of carboxylic acid groups (broad SMARTS) is 1. The van der Waals surface area contributed by atoms with Gasteiger partial charge in [0.15, 0.2) is 5.69 Å². The van der Waals surface area contributed by atoms with Crippen molar-refractivity contribution in [1.29, 1.82) is 0 Å². The molecule has 0 aliphatic heterocycles. The van der Waals surface area contributed by atoms with Crippen LogP contribution < -0.4 is 5.32 Å². The maximum absolute atomic E-state index is 10.9. The van der Waals surface area contributed by atoms with Gasteiger partial charge in [-0.05, 0) is 18.2 Å². The molecule has 0 unspecified atom stereocenters. The van der Waals surface area contributed by atoms with Gasteiger partial charge in [0.2, 0.25) is 5.82 Å². The van der Waals surface area contributed by atoms with E-state index in [4.69, 9.17) is 5.11 Å². The lowest BCUT2D eigenvalue weighted by Crippen LogP contribution is -2.11. The van der Waals surface area contributed by atoms with E-state index in [-0.39, 0.29) is 17.2 Å². The third kappa shape index (κ3) is 3.72. The van der Waals surface area contributed by atoms with Crippen molar-refractivity contribution in [3.05, 3.63) is 58.0 Å². The second kappa shape index (κ2) is 6.42. The number of rotatable bonds is 6. The molecule has 2 rings (SSSR count). The second-order valence-electron chi connectivity index (χ2n) is 4.12. The summed E-state index contributed by atoms with van der Waals surface area (Å²) in [5.74, 6) is -1.30. The van der Waals surface area contributed by atoms with Crippen LogP contribution in [0.2, 0.25) is 0 Å². The van der Waals surface area contributed by atoms with Crippen LogP contribution in [0.1, 0.15) is 16.2 Å². The molecule has 2 aromatic heterocycles. The minimum absolute atomic E-state index is 0.0594. The van der Waals surface area contributed by atoms with Gasteiger partial charge in [-0.25, -0.2) is 9.78 Å². The van der Waals surface area contributed by atoms with Crippen molar-refractivity contribution >= 4 is 17.5 Å². The van der Waals surface area contributed by atoms with Crippen molar-refractivity contribution in [2.24, 2.45) is 0 Å². The largest absolute Gasteiger partial charge is 0.477 e. The molecule has 108 valence electrons. The predicted molar refractivity (Wildman–Crippen MR) is 74.3 cm³/mol. The molecule has 0 fully saturated rings. The smallest absolute Gasteiger partial charge is 0.354 e. The molecule has 0 aliphatic carbocycles. The molecule has 0 aliphatic rings. The number of carbonyl (C=O) groups is 1. The van der Waals surface area contributed by atoms with E-state index in [9.17, 15) is 14.9 Å². The molecule has 0 radical (unpaired) electrons. The first-order chi connectivity index (χ1) is 10.1. The zero-order valence-corrected chi connectivity index (χ0v) is 10.9. The lowest BCUT2D eigenvalue weighted by molar-refractivity contribution is -0.384. The summed E-state index contributed by atoms with van der Waals surface area (Å²) in [6.45, 7) is 0.355. The Kier molecular flexibility index (Phi) is 4.39. The molecule has 8 heteroatoms. The van der Waals surface area contributed by atoms with Gasteiger partial charge in [0.25, 0.3) is 0 Å². The summed E-state index contributed by atoms with van der Waals surface area (Å²) in [5, 5.41) is 22.6. The van der Waals surface area contributed by atoms with Crippen molar-refractivity contribution in [2.75, 3.05) is 11.9 Å². The molecule has 21 heavy (non-hydrogen) atoms. The van der Waals surface area contributed by atoms with E-state index in [2.05, 4.69) is 15.3 Å². The molecular weight excluding hydrogens is 276 g/mol. The Morgan fingerprint density at radius 1 is 1.33 bits per heavy atom. The van der Waals surface area contributed by atoms with Crippen LogP contribution in [0.3, 0.4) is 0 Å². The number of anilines is 1. The third-order valence-electron chi connectivity index (χ3n) is 2.69. The quantitative estimate of drug-likeness (QED) is 0.613. The van der Waals surface area contributed by atoms with Gasteiger partial charge >= 0.3 is 11.7 Å². The fourth-order valence-corrected chi connectivity index (χ4v) is 1.70. The molecule has 0 saturated carbocycles. The average molecular weight is 288 g/mol. The van der Waals surface area contributed by atoms with Crippen LogP contribution in [0.25, 0.3) is 0 Å². The molecule has 2 heterocycles. The lowest BCUT2D eigenvalue weighted by Gasteiger charge is -2.06. The zero-order valence-electron chi connectivity index (χ0n) is 10.9. The Hall–Kier alpha value is -3.03.